The van der Waals surface area contributed by atoms with Gasteiger partial charge in [-0.3, -0.25) is 9.67 Å². The molecule has 0 aromatic carbocycles. The second kappa shape index (κ2) is 7.48. The van der Waals surface area contributed by atoms with Gasteiger partial charge in [-0.05, 0) is 6.42 Å². The third-order valence-electron chi connectivity index (χ3n) is 2.23. The van der Waals surface area contributed by atoms with Crippen molar-refractivity contribution in [2.75, 3.05) is 14.1 Å². The molecule has 0 saturated heterocycles. The van der Waals surface area contributed by atoms with Crippen molar-refractivity contribution in [3.8, 4) is 0 Å². The highest BCUT2D eigenvalue weighted by Crippen LogP contribution is 2.06. The lowest BCUT2D eigenvalue weighted by Crippen LogP contribution is -2.34. The first-order valence-electron chi connectivity index (χ1n) is 5.11. The summed E-state index contributed by atoms with van der Waals surface area (Å²) in [7, 11) is 5.54. The second-order valence-electron chi connectivity index (χ2n) is 3.30. The minimum absolute atomic E-state index is 0. The monoisotopic (exact) mass is 337 g/mol. The zero-order chi connectivity index (χ0) is 11.3. The average molecular weight is 337 g/mol. The first-order valence-corrected chi connectivity index (χ1v) is 5.11. The van der Waals surface area contributed by atoms with Crippen LogP contribution in [0, 0.1) is 0 Å². The van der Waals surface area contributed by atoms with Gasteiger partial charge in [0.25, 0.3) is 0 Å². The van der Waals surface area contributed by atoms with Gasteiger partial charge >= 0.3 is 0 Å². The fourth-order valence-electron chi connectivity index (χ4n) is 1.49. The molecule has 6 heteroatoms. The van der Waals surface area contributed by atoms with Crippen LogP contribution in [0.15, 0.2) is 11.2 Å². The van der Waals surface area contributed by atoms with Crippen molar-refractivity contribution < 1.29 is 0 Å². The van der Waals surface area contributed by atoms with Crippen molar-refractivity contribution in [3.63, 3.8) is 0 Å². The molecular weight excluding hydrogens is 317 g/mol. The Morgan fingerprint density at radius 3 is 2.75 bits per heavy atom. The highest BCUT2D eigenvalue weighted by atomic mass is 127. The zero-order valence-corrected chi connectivity index (χ0v) is 12.6. The van der Waals surface area contributed by atoms with Gasteiger partial charge in [-0.2, -0.15) is 5.10 Å². The van der Waals surface area contributed by atoms with Crippen LogP contribution < -0.4 is 10.6 Å². The van der Waals surface area contributed by atoms with Crippen LogP contribution in [0.2, 0.25) is 0 Å². The minimum atomic E-state index is 0. The van der Waals surface area contributed by atoms with Crippen LogP contribution in [0.25, 0.3) is 0 Å². The van der Waals surface area contributed by atoms with E-state index in [0.717, 1.165) is 24.6 Å². The summed E-state index contributed by atoms with van der Waals surface area (Å²) in [6, 6.07) is 0. The summed E-state index contributed by atoms with van der Waals surface area (Å²) in [4.78, 5) is 4.05. The van der Waals surface area contributed by atoms with Crippen LogP contribution in [-0.2, 0) is 20.0 Å². The normalized spacial score (nSPS) is 10.9. The number of aliphatic imine (C=N–C) groups is 1. The molecule has 1 aromatic rings. The van der Waals surface area contributed by atoms with Gasteiger partial charge in [-0.15, -0.1) is 24.0 Å². The lowest BCUT2D eigenvalue weighted by Gasteiger charge is -2.07. The van der Waals surface area contributed by atoms with Gasteiger partial charge < -0.3 is 10.6 Å². The summed E-state index contributed by atoms with van der Waals surface area (Å²) in [5, 5.41) is 10.6. The highest BCUT2D eigenvalue weighted by molar-refractivity contribution is 14.0. The van der Waals surface area contributed by atoms with Gasteiger partial charge in [0.15, 0.2) is 5.96 Å². The Morgan fingerprint density at radius 2 is 2.25 bits per heavy atom. The molecule has 16 heavy (non-hydrogen) atoms. The number of nitrogens with one attached hydrogen (secondary N) is 2. The maximum absolute atomic E-state index is 4.38. The quantitative estimate of drug-likeness (QED) is 0.490. The molecule has 0 aliphatic carbocycles. The van der Waals surface area contributed by atoms with Crippen LogP contribution in [0.1, 0.15) is 18.2 Å². The van der Waals surface area contributed by atoms with E-state index < -0.39 is 0 Å². The van der Waals surface area contributed by atoms with E-state index in [9.17, 15) is 0 Å². The van der Waals surface area contributed by atoms with Gasteiger partial charge in [-0.1, -0.05) is 6.92 Å². The molecule has 0 unspecified atom stereocenters. The van der Waals surface area contributed by atoms with E-state index in [-0.39, 0.29) is 24.0 Å². The maximum atomic E-state index is 4.38. The number of rotatable bonds is 3. The van der Waals surface area contributed by atoms with Crippen molar-refractivity contribution in [1.29, 1.82) is 0 Å². The number of aromatic nitrogens is 2. The molecular formula is C10H20IN5. The van der Waals surface area contributed by atoms with Gasteiger partial charge in [0.1, 0.15) is 0 Å². The summed E-state index contributed by atoms with van der Waals surface area (Å²) in [5.41, 5.74) is 2.35. The van der Waals surface area contributed by atoms with Crippen LogP contribution in [0.3, 0.4) is 0 Å². The van der Waals surface area contributed by atoms with Crippen molar-refractivity contribution in [2.45, 2.75) is 19.9 Å². The molecule has 1 heterocycles. The number of nitrogens with zero attached hydrogens (tertiary/aromatic N) is 3. The molecule has 0 bridgehead atoms. The fourth-order valence-corrected chi connectivity index (χ4v) is 1.49. The Labute approximate surface area is 114 Å². The molecule has 1 aromatic heterocycles. The van der Waals surface area contributed by atoms with Gasteiger partial charge in [0, 0.05) is 39.4 Å². The van der Waals surface area contributed by atoms with Crippen LogP contribution >= 0.6 is 24.0 Å². The van der Waals surface area contributed by atoms with Crippen LogP contribution in [0.5, 0.6) is 0 Å². The first-order chi connectivity index (χ1) is 7.21. The zero-order valence-electron chi connectivity index (χ0n) is 10.2. The van der Waals surface area contributed by atoms with E-state index in [4.69, 9.17) is 0 Å². The number of guanidine groups is 1. The smallest absolute Gasteiger partial charge is 0.190 e. The van der Waals surface area contributed by atoms with E-state index in [1.54, 1.807) is 7.05 Å². The Kier molecular flexibility index (Phi) is 7.11. The molecule has 5 nitrogen and oxygen atoms in total. The van der Waals surface area contributed by atoms with Crippen molar-refractivity contribution in [2.24, 2.45) is 12.0 Å². The number of halogens is 1. The Balaban J connectivity index is 0.00000225. The van der Waals surface area contributed by atoms with Crippen LogP contribution in [0.4, 0.5) is 0 Å². The summed E-state index contributed by atoms with van der Waals surface area (Å²) in [6.45, 7) is 2.86. The molecule has 0 atom stereocenters. The standard InChI is InChI=1S/C10H19N5.HI/c1-5-9-8(7-15(4)14-9)6-13-10(11-2)12-3;/h7H,5-6H2,1-4H3,(H2,11,12,13);1H. The lowest BCUT2D eigenvalue weighted by atomic mass is 10.2. The summed E-state index contributed by atoms with van der Waals surface area (Å²) >= 11 is 0. The lowest BCUT2D eigenvalue weighted by molar-refractivity contribution is 0.746. The molecule has 0 amide bonds. The Bertz CT molecular complexity index is 345. The summed E-state index contributed by atoms with van der Waals surface area (Å²) in [6.07, 6.45) is 2.99. The largest absolute Gasteiger partial charge is 0.359 e. The number of aryl methyl sites for hydroxylation is 2. The molecule has 0 aliphatic rings. The van der Waals surface area contributed by atoms with Crippen molar-refractivity contribution in [1.82, 2.24) is 20.4 Å². The highest BCUT2D eigenvalue weighted by Gasteiger charge is 2.05. The summed E-state index contributed by atoms with van der Waals surface area (Å²) < 4.78 is 1.85. The van der Waals surface area contributed by atoms with E-state index in [1.165, 1.54) is 5.56 Å². The van der Waals surface area contributed by atoms with Crippen molar-refractivity contribution >= 4 is 29.9 Å². The molecule has 92 valence electrons. The number of hydrogen-bond acceptors (Lipinski definition) is 2. The fraction of sp³-hybridized carbons (Fsp3) is 0.600. The molecule has 0 saturated carbocycles. The first kappa shape index (κ1) is 15.2. The van der Waals surface area contributed by atoms with Crippen molar-refractivity contribution in [3.05, 3.63) is 17.5 Å². The van der Waals surface area contributed by atoms with E-state index in [1.807, 2.05) is 25.0 Å². The molecule has 0 spiro atoms. The topological polar surface area (TPSA) is 54.2 Å². The molecule has 0 fully saturated rings. The second-order valence-corrected chi connectivity index (χ2v) is 3.30. The van der Waals surface area contributed by atoms with Gasteiger partial charge in [0.05, 0.1) is 5.69 Å². The molecule has 2 N–H and O–H groups in total. The Morgan fingerprint density at radius 1 is 1.56 bits per heavy atom. The van der Waals surface area contributed by atoms with E-state index in [2.05, 4.69) is 27.6 Å². The van der Waals surface area contributed by atoms with Gasteiger partial charge in [0.2, 0.25) is 0 Å². The van der Waals surface area contributed by atoms with E-state index in [0.29, 0.717) is 0 Å². The van der Waals surface area contributed by atoms with Gasteiger partial charge in [-0.25, -0.2) is 0 Å². The molecule has 0 aliphatic heterocycles. The molecule has 1 rings (SSSR count). The predicted molar refractivity (Wildman–Crippen MR) is 77.3 cm³/mol. The van der Waals surface area contributed by atoms with E-state index >= 15 is 0 Å². The average Bonchev–Trinajstić information content (AvgIpc) is 2.60. The van der Waals surface area contributed by atoms with Crippen LogP contribution in [-0.4, -0.2) is 29.8 Å². The minimum Gasteiger partial charge on any atom is -0.359 e. The predicted octanol–water partition coefficient (Wildman–Crippen LogP) is 0.895. The third kappa shape index (κ3) is 3.99. The number of hydrogen-bond donors (Lipinski definition) is 2. The maximum Gasteiger partial charge on any atom is 0.190 e. The Hall–Kier alpha value is -0.790. The molecule has 0 radical (unpaired) electrons. The summed E-state index contributed by atoms with van der Waals surface area (Å²) in [5.74, 6) is 0.793. The SMILES string of the molecule is CCc1nn(C)cc1CNC(=NC)NC.I. The third-order valence-corrected chi connectivity index (χ3v) is 2.23.